The van der Waals surface area contributed by atoms with Crippen molar-refractivity contribution in [2.45, 2.75) is 39.5 Å². The second kappa shape index (κ2) is 49.4. The van der Waals surface area contributed by atoms with E-state index < -0.39 is 67.5 Å². The van der Waals surface area contributed by atoms with Crippen LogP contribution in [-0.2, 0) is 52.7 Å². The van der Waals surface area contributed by atoms with Gasteiger partial charge in [-0.3, -0.25) is 63.9 Å². The number of nitrogens with zero attached hydrogens (tertiary/aromatic N) is 5. The van der Waals surface area contributed by atoms with Gasteiger partial charge in [-0.1, -0.05) is 46.3 Å². The summed E-state index contributed by atoms with van der Waals surface area (Å²) in [5.41, 5.74) is 17.9. The van der Waals surface area contributed by atoms with Gasteiger partial charge in [0.05, 0.1) is 45.3 Å². The van der Waals surface area contributed by atoms with Crippen molar-refractivity contribution < 1.29 is 232 Å². The third kappa shape index (κ3) is 30.3. The second-order valence-electron chi connectivity index (χ2n) is 22.8. The van der Waals surface area contributed by atoms with Crippen molar-refractivity contribution in [3.63, 3.8) is 0 Å². The van der Waals surface area contributed by atoms with Gasteiger partial charge in [0.25, 0.3) is 41.3 Å². The first-order valence-electron chi connectivity index (χ1n) is 32.6. The quantitative estimate of drug-likeness (QED) is 0.00609. The maximum absolute atomic E-state index is 13.5. The van der Waals surface area contributed by atoms with E-state index in [0.29, 0.717) is 104 Å². The number of nitrogen functional groups attached to an aromatic ring is 3. The number of esters is 2. The number of carboxylic acid groups (broad SMARTS) is 1. The summed E-state index contributed by atoms with van der Waals surface area (Å²) in [7, 11) is 0. The van der Waals surface area contributed by atoms with Gasteiger partial charge in [0, 0.05) is 85.9 Å². The van der Waals surface area contributed by atoms with Gasteiger partial charge in [-0.05, 0) is 82.0 Å². The number of para-hydroxylation sites is 5. The minimum absolute atomic E-state index is 0. The molecule has 45 heteroatoms. The molecular formula is C69H71BrF6K2N12O24. The first-order valence-corrected chi connectivity index (χ1v) is 33.8. The average molecular weight is 1720 g/mol. The van der Waals surface area contributed by atoms with E-state index in [0.717, 1.165) is 24.3 Å². The molecule has 0 atom stereocenters. The van der Waals surface area contributed by atoms with Crippen molar-refractivity contribution in [1.82, 2.24) is 0 Å². The Labute approximate surface area is 737 Å². The monoisotopic (exact) mass is 1720 g/mol. The molecule has 0 aromatic heterocycles. The number of nitro groups is 3. The number of nitrogens with two attached hydrogens (primary N) is 3. The van der Waals surface area contributed by atoms with Crippen molar-refractivity contribution >= 4 is 132 Å². The van der Waals surface area contributed by atoms with Gasteiger partial charge in [-0.15, -0.1) is 0 Å². The molecule has 602 valence electrons. The van der Waals surface area contributed by atoms with Gasteiger partial charge in [0.2, 0.25) is 5.91 Å². The largest absolute Gasteiger partial charge is 1.00 e. The van der Waals surface area contributed by atoms with Gasteiger partial charge in [0.15, 0.2) is 84.1 Å². The maximum atomic E-state index is 13.5. The Balaban J connectivity index is 0.000000466. The Bertz CT molecular complexity index is 4520. The molecule has 5 aliphatic rings. The summed E-state index contributed by atoms with van der Waals surface area (Å²) in [4.78, 5) is 122. The van der Waals surface area contributed by atoms with Gasteiger partial charge in [-0.25, -0.2) is 31.1 Å². The fourth-order valence-electron chi connectivity index (χ4n) is 10.1. The molecule has 114 heavy (non-hydrogen) atoms. The third-order valence-electron chi connectivity index (χ3n) is 15.4. The maximum Gasteiger partial charge on any atom is 1.00 e. The van der Waals surface area contributed by atoms with Crippen LogP contribution in [0.2, 0.25) is 0 Å². The van der Waals surface area contributed by atoms with Crippen LogP contribution in [0.25, 0.3) is 0 Å². The number of halogens is 7. The Kier molecular flexibility index (Phi) is 42.5. The number of piperidine rings is 2. The number of carbonyl (C=O) groups is 8. The molecule has 36 nitrogen and oxygen atoms in total. The number of amides is 4. The molecule has 0 aliphatic carbocycles. The Hall–Kier alpha value is -10.2. The summed E-state index contributed by atoms with van der Waals surface area (Å²) in [5, 5.41) is 68.4. The van der Waals surface area contributed by atoms with E-state index in [-0.39, 0.29) is 236 Å². The number of hydrogen-bond acceptors (Lipinski definition) is 28. The van der Waals surface area contributed by atoms with Gasteiger partial charge >= 0.3 is 121 Å². The van der Waals surface area contributed by atoms with Gasteiger partial charge in [0.1, 0.15) is 39.7 Å². The number of anilines is 9. The molecule has 0 spiro atoms. The van der Waals surface area contributed by atoms with Crippen LogP contribution in [0.1, 0.15) is 41.0 Å². The molecule has 0 unspecified atom stereocenters. The number of fused-ring (bicyclic) bond motifs is 3. The number of hydrogen-bond donors (Lipinski definition) is 9. The molecule has 7 aromatic rings. The number of rotatable bonds is 15. The zero-order valence-electron chi connectivity index (χ0n) is 61.8. The van der Waals surface area contributed by atoms with E-state index >= 15 is 0 Å². The summed E-state index contributed by atoms with van der Waals surface area (Å²) in [6.07, 6.45) is 1.75. The first kappa shape index (κ1) is 98.0. The summed E-state index contributed by atoms with van der Waals surface area (Å²) >= 11 is 2.94. The van der Waals surface area contributed by atoms with Crippen molar-refractivity contribution in [3.05, 3.63) is 181 Å². The topological polar surface area (TPSA) is 527 Å². The van der Waals surface area contributed by atoms with Crippen molar-refractivity contribution in [1.29, 1.82) is 0 Å². The predicted molar refractivity (Wildman–Crippen MR) is 389 cm³/mol. The normalized spacial score (nSPS) is 13.2. The average Bonchev–Trinajstić information content (AvgIpc) is 0.837. The van der Waals surface area contributed by atoms with Crippen LogP contribution in [0, 0.1) is 77.1 Å². The molecular weight excluding hydrogens is 1650 g/mol. The predicted octanol–water partition coefficient (Wildman–Crippen LogP) is 2.72. The molecule has 2 fully saturated rings. The number of alkyl halides is 1. The number of phenols is 1. The van der Waals surface area contributed by atoms with E-state index in [4.69, 9.17) is 56.4 Å². The van der Waals surface area contributed by atoms with Crippen molar-refractivity contribution in [2.75, 3.05) is 119 Å². The number of aliphatic carboxylic acids is 1. The number of ether oxygens (including phenoxy) is 6. The number of benzene rings is 7. The molecule has 2 saturated heterocycles. The molecule has 0 bridgehead atoms. The fraction of sp³-hybridized carbons (Fsp3) is 0.275. The molecule has 0 saturated carbocycles. The second-order valence-corrected chi connectivity index (χ2v) is 23.3. The molecule has 12 rings (SSSR count). The summed E-state index contributed by atoms with van der Waals surface area (Å²) < 4.78 is 109. The Morgan fingerprint density at radius 1 is 0.596 bits per heavy atom. The van der Waals surface area contributed by atoms with Crippen LogP contribution in [0.5, 0.6) is 28.7 Å². The summed E-state index contributed by atoms with van der Waals surface area (Å²) in [5.74, 6) is -10.1. The van der Waals surface area contributed by atoms with E-state index in [1.165, 1.54) is 48.5 Å². The van der Waals surface area contributed by atoms with Crippen molar-refractivity contribution in [3.8, 4) is 28.7 Å². The zero-order chi connectivity index (χ0) is 82.9. The zero-order valence-corrected chi connectivity index (χ0v) is 68.6. The van der Waals surface area contributed by atoms with Crippen LogP contribution in [0.3, 0.4) is 0 Å². The van der Waals surface area contributed by atoms with Crippen LogP contribution in [0.15, 0.2) is 115 Å². The number of phenolic OH excluding ortho intramolecular Hbond substituents is 1. The number of carbonyl (C=O) groups excluding carboxylic acids is 7. The summed E-state index contributed by atoms with van der Waals surface area (Å²) in [6, 6.07) is 26.5. The van der Waals surface area contributed by atoms with Gasteiger partial charge in [-0.2, -0.15) is 0 Å². The van der Waals surface area contributed by atoms with Crippen LogP contribution in [0.4, 0.5) is 94.6 Å². The number of aromatic hydroxyl groups is 1. The molecule has 7 aromatic carbocycles. The minimum Gasteiger partial charge on any atom is -1.00 e. The van der Waals surface area contributed by atoms with E-state index in [1.807, 2.05) is 0 Å². The number of nitro benzene ring substituents is 3. The Morgan fingerprint density at radius 3 is 1.41 bits per heavy atom. The standard InChI is InChI=1S/C20H18F3N3O3.C12H12F3NO2.C10H12N2O5.C8H6N2O4.C8H8N2O2.C6H6N2O3.C4H7BrO2.CH2O3.2K.H/c21-13-8-12(9-14(22)18(13)23)26-6-4-11(5-7-26)20(28)24-15-2-1-3-16-19(15)25-17(27)10-29-16;13-9-5-8(6-10(14)11(9)15)16-3-1-7(2-4-16)12(17)18;1-2-16-9(13)6-17-8-5-3-4-7(10(8)11)12(14)15;11-7-4-14-6-3-1-2-5(10(12)13)8(6)9-7;9-5-2-1-3-6-8(5)10-7(11)4-12-6;7-6-4(8(10)11)2-1-3-5(6)9;1-2-7-4(6)3-5;2-1-4-3;;;/h1-3,8-9,11H,4-7,10H2,(H,24,28)(H,25,27);5-7H,1-4H2,(H,17,18);3-5H,2,6,11H2,1H3;1-3H,4H2,(H,9,11);1-3H,4,9H2,(H,10,11);1-3,9H,7H2;2-3H2,1H3;1,3H;;;/q;;;;;;;;2*+1;-1/p-1. The fourth-order valence-corrected chi connectivity index (χ4v) is 10.2. The van der Waals surface area contributed by atoms with E-state index in [9.17, 15) is 90.2 Å². The number of nitrogens with one attached hydrogen (secondary N) is 4. The molecule has 12 N–H and O–H groups in total. The third-order valence-corrected chi connectivity index (χ3v) is 15.8. The Morgan fingerprint density at radius 2 is 0.982 bits per heavy atom. The molecule has 5 heterocycles. The molecule has 0 radical (unpaired) electrons. The first-order chi connectivity index (χ1) is 53.3. The van der Waals surface area contributed by atoms with Crippen molar-refractivity contribution in [2.24, 2.45) is 11.8 Å². The smallest absolute Gasteiger partial charge is 1.00 e. The number of carboxylic acids is 1. The summed E-state index contributed by atoms with van der Waals surface area (Å²) in [6.45, 7) is 5.10. The van der Waals surface area contributed by atoms with Crippen LogP contribution in [-0.4, -0.2) is 144 Å². The van der Waals surface area contributed by atoms with Gasteiger partial charge < -0.3 is 98.5 Å². The minimum atomic E-state index is -1.50. The molecule has 4 amide bonds. The molecule has 5 aliphatic heterocycles. The van der Waals surface area contributed by atoms with Crippen LogP contribution >= 0.6 is 15.9 Å². The van der Waals surface area contributed by atoms with Crippen LogP contribution < -0.4 is 175 Å². The SMILES string of the molecule is CCOC(=O)CBr.CCOC(=O)COc1cccc([N+](=O)[O-])c1N.Nc1c(O)cccc1[N+](=O)[O-].Nc1cccc2c1NC(=O)CO2.O=C(O)C1CCN(c2cc(F)c(F)c(F)c2)CC1.O=C1COc2cccc(NC(=O)C3CCN(c4cc(F)c(F)c(F)c4)CC3)c2N1.O=C1COc2cccc([N+](=O)[O-])c2N1.O=CO[O-].[H-].[K+].[K+]. The van der Waals surface area contributed by atoms with E-state index in [2.05, 4.69) is 51.6 Å². The van der Waals surface area contributed by atoms with E-state index in [1.54, 1.807) is 66.1 Å².